The summed E-state index contributed by atoms with van der Waals surface area (Å²) in [7, 11) is 3.84. The third kappa shape index (κ3) is 5.37. The summed E-state index contributed by atoms with van der Waals surface area (Å²) in [4.78, 5) is 7.20. The number of hydrogen-bond acceptors (Lipinski definition) is 6. The van der Waals surface area contributed by atoms with E-state index in [0.717, 1.165) is 72.0 Å². The van der Waals surface area contributed by atoms with Gasteiger partial charge in [-0.05, 0) is 34.4 Å². The van der Waals surface area contributed by atoms with Crippen molar-refractivity contribution in [3.05, 3.63) is 37.7 Å². The minimum Gasteiger partial charge on any atom is -0.314 e. The maximum Gasteiger partial charge on any atom is 0.303 e. The van der Waals surface area contributed by atoms with Gasteiger partial charge in [-0.3, -0.25) is 19.7 Å². The van der Waals surface area contributed by atoms with E-state index in [-0.39, 0.29) is 6.04 Å². The monoisotopic (exact) mass is 494 g/mol. The average Bonchev–Trinajstić information content (AvgIpc) is 3.06. The van der Waals surface area contributed by atoms with Crippen molar-refractivity contribution in [2.75, 3.05) is 27.2 Å². The smallest absolute Gasteiger partial charge is 0.303 e. The third-order valence-corrected chi connectivity index (χ3v) is 7.22. The zero-order valence-corrected chi connectivity index (χ0v) is 21.4. The van der Waals surface area contributed by atoms with E-state index >= 15 is 0 Å². The molecular weight excluding hydrogens is 461 g/mol. The number of halogens is 2. The summed E-state index contributed by atoms with van der Waals surface area (Å²) in [5.41, 5.74) is 7.05. The van der Waals surface area contributed by atoms with E-state index in [1.807, 2.05) is 23.5 Å². The maximum absolute atomic E-state index is 6.70. The lowest BCUT2D eigenvalue weighted by Crippen LogP contribution is -2.35. The Kier molecular flexibility index (Phi) is 7.95. The van der Waals surface area contributed by atoms with E-state index < -0.39 is 0 Å². The zero-order chi connectivity index (χ0) is 23.5. The van der Waals surface area contributed by atoms with Gasteiger partial charge in [0.1, 0.15) is 13.0 Å². The highest BCUT2D eigenvalue weighted by Crippen LogP contribution is 2.27. The van der Waals surface area contributed by atoms with Crippen LogP contribution in [0.15, 0.2) is 0 Å². The lowest BCUT2D eigenvalue weighted by molar-refractivity contribution is 0.202. The summed E-state index contributed by atoms with van der Waals surface area (Å²) in [5, 5.41) is 16.3. The summed E-state index contributed by atoms with van der Waals surface area (Å²) in [6, 6.07) is 3.66. The van der Waals surface area contributed by atoms with Gasteiger partial charge in [-0.25, -0.2) is 5.01 Å². The minimum atomic E-state index is 0.0334. The lowest BCUT2D eigenvalue weighted by Gasteiger charge is -2.23. The highest BCUT2D eigenvalue weighted by atomic mass is 35.5. The second-order valence-corrected chi connectivity index (χ2v) is 9.75. The number of fused-ring (bicyclic) bond motifs is 2. The van der Waals surface area contributed by atoms with Crippen molar-refractivity contribution >= 4 is 23.2 Å². The van der Waals surface area contributed by atoms with E-state index in [4.69, 9.17) is 38.2 Å². The molecule has 0 spiro atoms. The van der Waals surface area contributed by atoms with Gasteiger partial charge in [0.25, 0.3) is 6.07 Å². The van der Waals surface area contributed by atoms with E-state index in [1.54, 1.807) is 0 Å². The number of hydrazine groups is 1. The van der Waals surface area contributed by atoms with Crippen LogP contribution in [-0.2, 0) is 39.1 Å². The van der Waals surface area contributed by atoms with Crippen molar-refractivity contribution in [2.45, 2.75) is 71.5 Å². The maximum atomic E-state index is 6.70. The lowest BCUT2D eigenvalue weighted by atomic mass is 10.2. The molecule has 2 N–H and O–H groups in total. The number of nitrogens with zero attached hydrogens (tertiary/aromatic N) is 7. The summed E-state index contributed by atoms with van der Waals surface area (Å²) < 4.78 is 4.05. The van der Waals surface area contributed by atoms with Crippen molar-refractivity contribution in [2.24, 2.45) is 0 Å². The van der Waals surface area contributed by atoms with Gasteiger partial charge in [-0.1, -0.05) is 28.0 Å². The first-order chi connectivity index (χ1) is 15.9. The van der Waals surface area contributed by atoms with Gasteiger partial charge in [-0.2, -0.15) is 10.2 Å². The Morgan fingerprint density at radius 2 is 1.76 bits per heavy atom. The Bertz CT molecular complexity index is 1030. The predicted molar refractivity (Wildman–Crippen MR) is 132 cm³/mol. The molecule has 2 aromatic heterocycles. The molecule has 2 aliphatic heterocycles. The molecule has 0 saturated carbocycles. The Labute approximate surface area is 205 Å². The molecule has 1 atom stereocenters. The van der Waals surface area contributed by atoms with Crippen molar-refractivity contribution < 1.29 is 0 Å². The first-order valence-corrected chi connectivity index (χ1v) is 12.4. The average molecular weight is 495 g/mol. The normalized spacial score (nSPS) is 19.5. The third-order valence-electron chi connectivity index (χ3n) is 6.35. The van der Waals surface area contributed by atoms with Crippen LogP contribution in [0.3, 0.4) is 0 Å². The first kappa shape index (κ1) is 24.5. The molecule has 11 heteroatoms. The molecule has 0 aliphatic carbocycles. The largest absolute Gasteiger partial charge is 0.314 e. The molecular formula is C22H34Cl2N9+. The fraction of sp³-hybridized carbons (Fsp3) is 0.682. The van der Waals surface area contributed by atoms with Gasteiger partial charge in [0, 0.05) is 32.2 Å². The van der Waals surface area contributed by atoms with Gasteiger partial charge >= 0.3 is 6.04 Å². The second kappa shape index (κ2) is 10.7. The predicted octanol–water partition coefficient (Wildman–Crippen LogP) is 2.61. The van der Waals surface area contributed by atoms with Gasteiger partial charge in [0.05, 0.1) is 45.9 Å². The topological polar surface area (TPSA) is 70.5 Å². The van der Waals surface area contributed by atoms with Crippen LogP contribution in [0.25, 0.3) is 4.85 Å². The quantitative estimate of drug-likeness (QED) is 0.665. The Morgan fingerprint density at radius 3 is 2.48 bits per heavy atom. The van der Waals surface area contributed by atoms with Crippen molar-refractivity contribution in [1.82, 2.24) is 40.2 Å². The van der Waals surface area contributed by atoms with E-state index in [9.17, 15) is 0 Å². The number of rotatable bonds is 5. The molecule has 180 valence electrons. The molecule has 1 unspecified atom stereocenters. The molecule has 0 radical (unpaired) electrons. The van der Waals surface area contributed by atoms with E-state index in [2.05, 4.69) is 40.6 Å². The van der Waals surface area contributed by atoms with E-state index in [1.165, 1.54) is 0 Å². The van der Waals surface area contributed by atoms with Gasteiger partial charge < -0.3 is 5.32 Å². The molecule has 9 nitrogen and oxygen atoms in total. The molecule has 0 saturated heterocycles. The highest BCUT2D eigenvalue weighted by Gasteiger charge is 2.32. The van der Waals surface area contributed by atoms with Crippen LogP contribution in [0.2, 0.25) is 10.0 Å². The zero-order valence-electron chi connectivity index (χ0n) is 19.9. The Morgan fingerprint density at radius 1 is 1.03 bits per heavy atom. The summed E-state index contributed by atoms with van der Waals surface area (Å²) in [6.45, 7) is 9.91. The second-order valence-electron chi connectivity index (χ2n) is 8.99. The molecule has 0 fully saturated rings. The van der Waals surface area contributed by atoms with Crippen LogP contribution in [-0.4, -0.2) is 68.7 Å². The fourth-order valence-electron chi connectivity index (χ4n) is 4.46. The number of hydrogen-bond donors (Lipinski definition) is 2. The Hall–Kier alpha value is -1.67. The molecule has 4 rings (SSSR count). The number of aryl methyl sites for hydroxylation is 1. The van der Waals surface area contributed by atoms with Crippen LogP contribution < -0.4 is 10.7 Å². The summed E-state index contributed by atoms with van der Waals surface area (Å²) >= 11 is 13.4. The molecule has 33 heavy (non-hydrogen) atoms. The molecule has 0 aromatic carbocycles. The molecule has 2 aliphatic rings. The van der Waals surface area contributed by atoms with Crippen LogP contribution in [0, 0.1) is 6.07 Å². The van der Waals surface area contributed by atoms with Crippen molar-refractivity contribution in [3.63, 3.8) is 0 Å². The van der Waals surface area contributed by atoms with Gasteiger partial charge in [0.2, 0.25) is 0 Å². The van der Waals surface area contributed by atoms with Crippen LogP contribution in [0.4, 0.5) is 0 Å². The Balaban J connectivity index is 1.53. The molecule has 0 amide bonds. The van der Waals surface area contributed by atoms with Crippen LogP contribution >= 0.6 is 23.2 Å². The van der Waals surface area contributed by atoms with Gasteiger partial charge in [-0.15, -0.1) is 0 Å². The SMILES string of the molecule is CNCc1nn2c(c1Cl)CN(C(C)C)CC([N+]#CCc1nn3c(c1Cl)CN(NC)CCC3)C2. The van der Waals surface area contributed by atoms with Crippen LogP contribution in [0.5, 0.6) is 0 Å². The molecule has 0 bridgehead atoms. The van der Waals surface area contributed by atoms with Gasteiger partial charge in [0.15, 0.2) is 0 Å². The summed E-state index contributed by atoms with van der Waals surface area (Å²) in [6.07, 6.45) is 1.52. The fourth-order valence-corrected chi connectivity index (χ4v) is 4.99. The summed E-state index contributed by atoms with van der Waals surface area (Å²) in [5.74, 6) is 0. The minimum absolute atomic E-state index is 0.0334. The molecule has 4 heterocycles. The number of nitrogens with one attached hydrogen (secondary N) is 2. The van der Waals surface area contributed by atoms with Crippen molar-refractivity contribution in [1.29, 1.82) is 0 Å². The standard InChI is InChI=1S/C22H34Cl2N9/c1-15(2)30-11-16(12-33-19(13-30)22(24)18(29-33)10-25-3)27-7-6-17-21(23)20-14-31(26-4)8-5-9-32(20)28-17/h15-16,25-26H,5-6,8-14H2,1-4H3/q+1. The number of aromatic nitrogens is 4. The first-order valence-electron chi connectivity index (χ1n) is 11.6. The van der Waals surface area contributed by atoms with Crippen molar-refractivity contribution in [3.8, 4) is 6.07 Å². The molecule has 2 aromatic rings. The highest BCUT2D eigenvalue weighted by molar-refractivity contribution is 6.32. The van der Waals surface area contributed by atoms with E-state index in [0.29, 0.717) is 25.6 Å². The van der Waals surface area contributed by atoms with Crippen LogP contribution in [0.1, 0.15) is 43.0 Å².